The van der Waals surface area contributed by atoms with E-state index in [1.54, 1.807) is 0 Å². The lowest BCUT2D eigenvalue weighted by atomic mass is 10.0. The van der Waals surface area contributed by atoms with Crippen molar-refractivity contribution in [3.63, 3.8) is 0 Å². The summed E-state index contributed by atoms with van der Waals surface area (Å²) in [6, 6.07) is -1.52. The molecule has 0 aliphatic carbocycles. The van der Waals surface area contributed by atoms with Crippen LogP contribution in [0.15, 0.2) is 12.2 Å². The molecule has 12 heteroatoms. The Hall–Kier alpha value is -1.78. The first kappa shape index (κ1) is 56.2. The molecule has 0 amide bonds. The number of carboxylic acids is 1. The molecule has 3 atom stereocenters. The van der Waals surface area contributed by atoms with Crippen LogP contribution in [-0.2, 0) is 37.5 Å². The van der Waals surface area contributed by atoms with Gasteiger partial charge in [-0.15, -0.1) is 0 Å². The van der Waals surface area contributed by atoms with Crippen LogP contribution in [0, 0.1) is 0 Å². The number of aliphatic carboxylic acids is 1. The van der Waals surface area contributed by atoms with E-state index in [0.717, 1.165) is 32.1 Å². The van der Waals surface area contributed by atoms with Crippen molar-refractivity contribution in [2.45, 2.75) is 244 Å². The van der Waals surface area contributed by atoms with Crippen molar-refractivity contribution in [2.75, 3.05) is 19.8 Å². The summed E-state index contributed by atoms with van der Waals surface area (Å²) in [5, 5.41) is 8.90. The minimum atomic E-state index is -4.72. The summed E-state index contributed by atoms with van der Waals surface area (Å²) in [4.78, 5) is 46.0. The number of hydrogen-bond donors (Lipinski definition) is 3. The molecule has 0 rings (SSSR count). The molecule has 4 N–H and O–H groups in total. The molecule has 3 unspecified atom stereocenters. The predicted molar refractivity (Wildman–Crippen MR) is 236 cm³/mol. The van der Waals surface area contributed by atoms with Gasteiger partial charge in [0, 0.05) is 12.8 Å². The third-order valence-electron chi connectivity index (χ3n) is 10.5. The fraction of sp³-hybridized carbons (Fsp3) is 0.891. The van der Waals surface area contributed by atoms with Crippen LogP contribution in [0.2, 0.25) is 0 Å². The first-order valence-electron chi connectivity index (χ1n) is 23.7. The summed E-state index contributed by atoms with van der Waals surface area (Å²) in [5.41, 5.74) is 5.34. The van der Waals surface area contributed by atoms with E-state index in [9.17, 15) is 23.8 Å². The first-order chi connectivity index (χ1) is 28.1. The molecule has 0 aromatic rings. The van der Waals surface area contributed by atoms with Crippen LogP contribution in [-0.4, -0.2) is 59.9 Å². The highest BCUT2D eigenvalue weighted by Crippen LogP contribution is 2.43. The second-order valence-corrected chi connectivity index (χ2v) is 17.7. The number of hydrogen-bond acceptors (Lipinski definition) is 9. The van der Waals surface area contributed by atoms with Gasteiger partial charge in [0.2, 0.25) is 0 Å². The summed E-state index contributed by atoms with van der Waals surface area (Å²) in [6.45, 7) is 2.80. The molecular formula is C46H88NO10P. The number of allylic oxidation sites excluding steroid dienone is 2. The first-order valence-corrected chi connectivity index (χ1v) is 25.2. The van der Waals surface area contributed by atoms with Crippen molar-refractivity contribution in [1.29, 1.82) is 0 Å². The Balaban J connectivity index is 4.29. The number of carboxylic acid groups (broad SMARTS) is 1. The highest BCUT2D eigenvalue weighted by molar-refractivity contribution is 7.47. The minimum absolute atomic E-state index is 0.143. The van der Waals surface area contributed by atoms with Crippen LogP contribution < -0.4 is 5.73 Å². The Labute approximate surface area is 354 Å². The summed E-state index contributed by atoms with van der Waals surface area (Å²) < 4.78 is 32.7. The molecule has 0 fully saturated rings. The van der Waals surface area contributed by atoms with Gasteiger partial charge in [-0.2, -0.15) is 0 Å². The van der Waals surface area contributed by atoms with Crippen molar-refractivity contribution >= 4 is 25.7 Å². The largest absolute Gasteiger partial charge is 0.480 e. The van der Waals surface area contributed by atoms with E-state index in [2.05, 4.69) is 24.4 Å². The Morgan fingerprint density at radius 1 is 0.517 bits per heavy atom. The van der Waals surface area contributed by atoms with Crippen molar-refractivity contribution < 1.29 is 47.5 Å². The number of carbonyl (C=O) groups excluding carboxylic acids is 2. The van der Waals surface area contributed by atoms with Gasteiger partial charge in [0.15, 0.2) is 6.10 Å². The Morgan fingerprint density at radius 2 is 0.897 bits per heavy atom. The number of phosphoric acid groups is 1. The van der Waals surface area contributed by atoms with E-state index < -0.39 is 51.1 Å². The summed E-state index contributed by atoms with van der Waals surface area (Å²) in [5.74, 6) is -2.42. The van der Waals surface area contributed by atoms with E-state index in [1.165, 1.54) is 161 Å². The lowest BCUT2D eigenvalue weighted by molar-refractivity contribution is -0.161. The molecule has 58 heavy (non-hydrogen) atoms. The van der Waals surface area contributed by atoms with E-state index in [-0.39, 0.29) is 19.4 Å². The molecule has 11 nitrogen and oxygen atoms in total. The maximum Gasteiger partial charge on any atom is 0.472 e. The van der Waals surface area contributed by atoms with E-state index in [0.29, 0.717) is 12.8 Å². The second-order valence-electron chi connectivity index (χ2n) is 16.2. The lowest BCUT2D eigenvalue weighted by Gasteiger charge is -2.20. The molecule has 0 aliphatic heterocycles. The summed E-state index contributed by atoms with van der Waals surface area (Å²) in [7, 11) is -4.72. The Bertz CT molecular complexity index is 1040. The quantitative estimate of drug-likeness (QED) is 0.0230. The molecular weight excluding hydrogens is 757 g/mol. The average Bonchev–Trinajstić information content (AvgIpc) is 3.20. The van der Waals surface area contributed by atoms with Gasteiger partial charge in [0.25, 0.3) is 0 Å². The maximum atomic E-state index is 12.7. The SMILES string of the molecule is CCCCCCCCCCCCCC=CCCC(=O)OCC(COP(=O)(O)OCC(N)C(=O)O)OC(=O)CCCCCCCCCCCCCCCCCCCCC. The van der Waals surface area contributed by atoms with Gasteiger partial charge < -0.3 is 25.2 Å². The molecule has 0 heterocycles. The number of esters is 2. The van der Waals surface area contributed by atoms with Crippen LogP contribution >= 0.6 is 7.82 Å². The third-order valence-corrected chi connectivity index (χ3v) is 11.5. The minimum Gasteiger partial charge on any atom is -0.480 e. The van der Waals surface area contributed by atoms with Gasteiger partial charge in [-0.3, -0.25) is 23.4 Å². The number of rotatable bonds is 45. The number of carbonyl (C=O) groups is 3. The zero-order valence-electron chi connectivity index (χ0n) is 37.2. The molecule has 0 spiro atoms. The van der Waals surface area contributed by atoms with Gasteiger partial charge in [-0.25, -0.2) is 4.57 Å². The van der Waals surface area contributed by atoms with Gasteiger partial charge in [0.1, 0.15) is 12.6 Å². The van der Waals surface area contributed by atoms with Crippen LogP contribution in [0.25, 0.3) is 0 Å². The third kappa shape index (κ3) is 41.0. The summed E-state index contributed by atoms with van der Waals surface area (Å²) >= 11 is 0. The monoisotopic (exact) mass is 846 g/mol. The standard InChI is InChI=1S/C46H88NO10P/c1-3-5-7-9-11-13-15-17-19-20-21-22-24-26-28-30-32-34-36-38-45(49)57-42(40-55-58(52,53)56-41-43(47)46(50)51)39-54-44(48)37-35-33-31-29-27-25-23-18-16-14-12-10-8-6-4-2/h31,33,42-43H,3-30,32,34-41,47H2,1-2H3,(H,50,51)(H,52,53). The van der Waals surface area contributed by atoms with Gasteiger partial charge in [-0.05, 0) is 25.7 Å². The van der Waals surface area contributed by atoms with Crippen molar-refractivity contribution in [2.24, 2.45) is 5.73 Å². The fourth-order valence-corrected chi connectivity index (χ4v) is 7.57. The lowest BCUT2D eigenvalue weighted by Crippen LogP contribution is -2.34. The number of nitrogens with two attached hydrogens (primary N) is 1. The number of ether oxygens (including phenoxy) is 2. The molecule has 0 bridgehead atoms. The zero-order chi connectivity index (χ0) is 42.8. The molecule has 0 aliphatic rings. The molecule has 0 saturated heterocycles. The van der Waals surface area contributed by atoms with Gasteiger partial charge in [-0.1, -0.05) is 206 Å². The second kappa shape index (κ2) is 41.9. The van der Waals surface area contributed by atoms with E-state index in [1.807, 2.05) is 6.08 Å². The topological polar surface area (TPSA) is 172 Å². The van der Waals surface area contributed by atoms with Crippen LogP contribution in [0.5, 0.6) is 0 Å². The van der Waals surface area contributed by atoms with Gasteiger partial charge in [0.05, 0.1) is 13.2 Å². The summed E-state index contributed by atoms with van der Waals surface area (Å²) in [6.07, 6.45) is 42.9. The van der Waals surface area contributed by atoms with Crippen LogP contribution in [0.1, 0.15) is 232 Å². The predicted octanol–water partition coefficient (Wildman–Crippen LogP) is 12.8. The van der Waals surface area contributed by atoms with Crippen LogP contribution in [0.3, 0.4) is 0 Å². The molecule has 342 valence electrons. The Kier molecular flexibility index (Phi) is 40.6. The Morgan fingerprint density at radius 3 is 1.33 bits per heavy atom. The molecule has 0 saturated carbocycles. The highest BCUT2D eigenvalue weighted by atomic mass is 31.2. The maximum absolute atomic E-state index is 12.7. The van der Waals surface area contributed by atoms with E-state index >= 15 is 0 Å². The van der Waals surface area contributed by atoms with Crippen molar-refractivity contribution in [3.05, 3.63) is 12.2 Å². The normalized spacial score (nSPS) is 13.7. The highest BCUT2D eigenvalue weighted by Gasteiger charge is 2.28. The molecule has 0 radical (unpaired) electrons. The van der Waals surface area contributed by atoms with E-state index in [4.69, 9.17) is 24.8 Å². The fourth-order valence-electron chi connectivity index (χ4n) is 6.79. The van der Waals surface area contributed by atoms with Gasteiger partial charge >= 0.3 is 25.7 Å². The van der Waals surface area contributed by atoms with Crippen molar-refractivity contribution in [3.8, 4) is 0 Å². The zero-order valence-corrected chi connectivity index (χ0v) is 38.1. The van der Waals surface area contributed by atoms with Crippen molar-refractivity contribution in [1.82, 2.24) is 0 Å². The van der Waals surface area contributed by atoms with Crippen LogP contribution in [0.4, 0.5) is 0 Å². The number of unbranched alkanes of at least 4 members (excludes halogenated alkanes) is 29. The average molecular weight is 846 g/mol. The smallest absolute Gasteiger partial charge is 0.472 e. The molecule has 0 aromatic heterocycles. The molecule has 0 aromatic carbocycles. The number of phosphoric ester groups is 1.